The van der Waals surface area contributed by atoms with Crippen LogP contribution in [0.5, 0.6) is 0 Å². The van der Waals surface area contributed by atoms with Crippen molar-refractivity contribution in [1.29, 1.82) is 0 Å². The molecule has 0 bridgehead atoms. The van der Waals surface area contributed by atoms with Gasteiger partial charge in [-0.1, -0.05) is 29.8 Å². The first-order valence-corrected chi connectivity index (χ1v) is 12.6. The first-order valence-electron chi connectivity index (χ1n) is 11.1. The lowest BCUT2D eigenvalue weighted by molar-refractivity contribution is 0.165. The molecule has 1 atom stereocenters. The van der Waals surface area contributed by atoms with E-state index < -0.39 is 10.0 Å². The van der Waals surface area contributed by atoms with Crippen molar-refractivity contribution >= 4 is 32.1 Å². The Morgan fingerprint density at radius 2 is 1.97 bits per heavy atom. The van der Waals surface area contributed by atoms with Crippen LogP contribution in [0.2, 0.25) is 0 Å². The highest BCUT2D eigenvalue weighted by atomic mass is 32.2. The van der Waals surface area contributed by atoms with Gasteiger partial charge in [-0.2, -0.15) is 0 Å². The Labute approximate surface area is 191 Å². The maximum Gasteiger partial charge on any atom is 0.294 e. The lowest BCUT2D eigenvalue weighted by Gasteiger charge is -2.32. The van der Waals surface area contributed by atoms with Gasteiger partial charge in [-0.15, -0.1) is 0 Å². The third kappa shape index (κ3) is 4.57. The second kappa shape index (κ2) is 8.74. The summed E-state index contributed by atoms with van der Waals surface area (Å²) >= 11 is 0. The second-order valence-electron chi connectivity index (χ2n) is 8.70. The number of aryl methyl sites for hydroxylation is 1. The lowest BCUT2D eigenvalue weighted by atomic mass is 9.98. The zero-order valence-electron chi connectivity index (χ0n) is 18.4. The van der Waals surface area contributed by atoms with Crippen molar-refractivity contribution in [3.8, 4) is 0 Å². The third-order valence-corrected chi connectivity index (χ3v) is 7.59. The van der Waals surface area contributed by atoms with Gasteiger partial charge in [0.25, 0.3) is 5.56 Å². The normalized spacial score (nSPS) is 17.7. The molecule has 4 aromatic rings. The number of aromatic nitrogens is 2. The van der Waals surface area contributed by atoms with E-state index in [1.54, 1.807) is 24.3 Å². The number of furan rings is 1. The average Bonchev–Trinajstić information content (AvgIpc) is 3.18. The summed E-state index contributed by atoms with van der Waals surface area (Å²) in [5.74, 6) is 0.768. The molecule has 8 nitrogen and oxygen atoms in total. The predicted molar refractivity (Wildman–Crippen MR) is 127 cm³/mol. The molecule has 2 aromatic carbocycles. The number of H-pyrrole nitrogens is 1. The number of piperidine rings is 1. The molecule has 0 amide bonds. The molecule has 1 fully saturated rings. The van der Waals surface area contributed by atoms with Gasteiger partial charge in [0.1, 0.15) is 16.9 Å². The summed E-state index contributed by atoms with van der Waals surface area (Å²) in [6.07, 6.45) is 1.90. The minimum Gasteiger partial charge on any atom is -0.449 e. The number of hydrogen-bond acceptors (Lipinski definition) is 6. The van der Waals surface area contributed by atoms with Gasteiger partial charge in [-0.25, -0.2) is 18.1 Å². The number of likely N-dealkylation sites (tertiary alicyclic amines) is 1. The summed E-state index contributed by atoms with van der Waals surface area (Å²) in [5.41, 5.74) is 2.18. The number of benzene rings is 2. The van der Waals surface area contributed by atoms with Crippen LogP contribution >= 0.6 is 0 Å². The first kappa shape index (κ1) is 21.8. The van der Waals surface area contributed by atoms with Gasteiger partial charge in [-0.3, -0.25) is 9.69 Å². The fourth-order valence-corrected chi connectivity index (χ4v) is 5.54. The van der Waals surface area contributed by atoms with E-state index in [1.807, 2.05) is 31.2 Å². The van der Waals surface area contributed by atoms with Gasteiger partial charge in [0.2, 0.25) is 15.6 Å². The fraction of sp³-hybridized carbons (Fsp3) is 0.333. The van der Waals surface area contributed by atoms with Crippen LogP contribution in [0.1, 0.15) is 24.2 Å². The summed E-state index contributed by atoms with van der Waals surface area (Å²) in [6, 6.07) is 14.3. The van der Waals surface area contributed by atoms with Crippen molar-refractivity contribution in [3.05, 3.63) is 70.3 Å². The number of hydrogen-bond donors (Lipinski definition) is 2. The largest absolute Gasteiger partial charge is 0.449 e. The van der Waals surface area contributed by atoms with Crippen LogP contribution in [0.3, 0.4) is 0 Å². The smallest absolute Gasteiger partial charge is 0.294 e. The highest BCUT2D eigenvalue weighted by Crippen LogP contribution is 2.25. The lowest BCUT2D eigenvalue weighted by Crippen LogP contribution is -2.41. The van der Waals surface area contributed by atoms with Crippen molar-refractivity contribution in [3.63, 3.8) is 0 Å². The van der Waals surface area contributed by atoms with Crippen molar-refractivity contribution in [2.24, 2.45) is 5.92 Å². The minimum absolute atomic E-state index is 0.184. The van der Waals surface area contributed by atoms with Crippen molar-refractivity contribution < 1.29 is 12.8 Å². The van der Waals surface area contributed by atoms with Crippen LogP contribution < -0.4 is 10.3 Å². The van der Waals surface area contributed by atoms with Gasteiger partial charge >= 0.3 is 0 Å². The van der Waals surface area contributed by atoms with Crippen LogP contribution in [0.25, 0.3) is 22.1 Å². The van der Waals surface area contributed by atoms with E-state index in [0.717, 1.165) is 36.9 Å². The van der Waals surface area contributed by atoms with E-state index in [1.165, 1.54) is 0 Å². The van der Waals surface area contributed by atoms with Crippen LogP contribution in [-0.2, 0) is 16.6 Å². The topological polar surface area (TPSA) is 108 Å². The summed E-state index contributed by atoms with van der Waals surface area (Å²) in [7, 11) is -3.54. The Morgan fingerprint density at radius 3 is 2.79 bits per heavy atom. The molecule has 0 radical (unpaired) electrons. The summed E-state index contributed by atoms with van der Waals surface area (Å²) < 4.78 is 33.7. The Kier molecular flexibility index (Phi) is 5.77. The Bertz CT molecular complexity index is 1460. The van der Waals surface area contributed by atoms with E-state index in [2.05, 4.69) is 19.6 Å². The zero-order chi connectivity index (χ0) is 23.0. The Hall–Kier alpha value is -3.01. The van der Waals surface area contributed by atoms with E-state index in [0.29, 0.717) is 30.0 Å². The molecule has 1 unspecified atom stereocenters. The van der Waals surface area contributed by atoms with Gasteiger partial charge in [-0.05, 0) is 56.5 Å². The van der Waals surface area contributed by atoms with E-state index in [4.69, 9.17) is 4.42 Å². The minimum atomic E-state index is -3.54. The highest BCUT2D eigenvalue weighted by molar-refractivity contribution is 7.89. The van der Waals surface area contributed by atoms with Gasteiger partial charge < -0.3 is 9.40 Å². The molecule has 0 spiro atoms. The van der Waals surface area contributed by atoms with Crippen molar-refractivity contribution in [2.45, 2.75) is 31.2 Å². The quantitative estimate of drug-likeness (QED) is 0.452. The second-order valence-corrected chi connectivity index (χ2v) is 10.5. The van der Waals surface area contributed by atoms with Gasteiger partial charge in [0.05, 0.1) is 11.4 Å². The first-order chi connectivity index (χ1) is 15.9. The van der Waals surface area contributed by atoms with Crippen LogP contribution in [0, 0.1) is 12.8 Å². The molecule has 9 heteroatoms. The molecule has 1 aliphatic heterocycles. The molecule has 0 aliphatic carbocycles. The molecule has 5 rings (SSSR count). The zero-order valence-corrected chi connectivity index (χ0v) is 19.2. The average molecular weight is 467 g/mol. The standard InChI is InChI=1S/C24H26N4O4S/c1-16-8-10-18(11-9-16)33(30,31)25-13-17-5-4-12-28(14-17)15-21-26-22-19-6-2-3-7-20(19)32-23(22)24(29)27-21/h2-3,6-11,17,25H,4-5,12-15H2,1H3,(H,26,27,29). The summed E-state index contributed by atoms with van der Waals surface area (Å²) in [4.78, 5) is 22.6. The summed E-state index contributed by atoms with van der Waals surface area (Å²) in [5, 5.41) is 0.821. The molecule has 2 aromatic heterocycles. The molecule has 33 heavy (non-hydrogen) atoms. The predicted octanol–water partition coefficient (Wildman–Crippen LogP) is 3.17. The van der Waals surface area contributed by atoms with E-state index in [9.17, 15) is 13.2 Å². The van der Waals surface area contributed by atoms with Crippen molar-refractivity contribution in [1.82, 2.24) is 19.6 Å². The maximum absolute atomic E-state index is 12.6. The Balaban J connectivity index is 1.27. The molecule has 1 saturated heterocycles. The summed E-state index contributed by atoms with van der Waals surface area (Å²) in [6.45, 7) is 4.39. The molecular weight excluding hydrogens is 440 g/mol. The molecular formula is C24H26N4O4S. The van der Waals surface area contributed by atoms with E-state index in [-0.39, 0.29) is 22.0 Å². The molecule has 0 saturated carbocycles. The van der Waals surface area contributed by atoms with E-state index >= 15 is 0 Å². The SMILES string of the molecule is Cc1ccc(S(=O)(=O)NCC2CCCN(Cc3nc4c(oc5ccccc54)c(=O)[nH]3)C2)cc1. The van der Waals surface area contributed by atoms with Crippen LogP contribution in [-0.4, -0.2) is 42.9 Å². The monoisotopic (exact) mass is 466 g/mol. The van der Waals surface area contributed by atoms with Gasteiger partial charge in [0.15, 0.2) is 0 Å². The van der Waals surface area contributed by atoms with Crippen molar-refractivity contribution in [2.75, 3.05) is 19.6 Å². The number of sulfonamides is 1. The fourth-order valence-electron chi connectivity index (χ4n) is 4.42. The van der Waals surface area contributed by atoms with Crippen LogP contribution in [0.15, 0.2) is 62.6 Å². The molecule has 172 valence electrons. The van der Waals surface area contributed by atoms with Crippen LogP contribution in [0.4, 0.5) is 0 Å². The van der Waals surface area contributed by atoms with Gasteiger partial charge in [0, 0.05) is 18.5 Å². The number of rotatable bonds is 6. The number of para-hydroxylation sites is 1. The molecule has 2 N–H and O–H groups in total. The molecule has 3 heterocycles. The maximum atomic E-state index is 12.6. The molecule has 1 aliphatic rings. The number of aromatic amines is 1. The number of nitrogens with one attached hydrogen (secondary N) is 2. The number of nitrogens with zero attached hydrogens (tertiary/aromatic N) is 2. The highest BCUT2D eigenvalue weighted by Gasteiger charge is 2.24. The number of fused-ring (bicyclic) bond motifs is 3. The Morgan fingerprint density at radius 1 is 1.18 bits per heavy atom. The third-order valence-electron chi connectivity index (χ3n) is 6.15.